The standard InChI is InChI=1S/C35H48N4O5S/c1-35(2,3)25-21-30(33(43-5)31(22-25)38-45(6,41)42)37-34(40)36-29-12-11-28(26-9-7-8-10-27(26)29)32(24-15-19-44-20-16-24)23-13-17-39(4)18-14-23/h7-12,21-24,32,38H,13-20H2,1-6H3,(H2,36,37,40). The molecule has 0 saturated carbocycles. The summed E-state index contributed by atoms with van der Waals surface area (Å²) in [5.41, 5.74) is 3.23. The molecule has 9 nitrogen and oxygen atoms in total. The molecule has 0 bridgehead atoms. The van der Waals surface area contributed by atoms with Gasteiger partial charge in [-0.1, -0.05) is 51.1 Å². The van der Waals surface area contributed by atoms with E-state index in [4.69, 9.17) is 9.47 Å². The van der Waals surface area contributed by atoms with E-state index in [2.05, 4.69) is 51.6 Å². The molecule has 3 N–H and O–H groups in total. The number of sulfonamides is 1. The summed E-state index contributed by atoms with van der Waals surface area (Å²) in [5, 5.41) is 8.16. The number of nitrogens with one attached hydrogen (secondary N) is 3. The Labute approximate surface area is 268 Å². The number of amides is 2. The average molecular weight is 637 g/mol. The molecule has 0 aromatic heterocycles. The molecule has 2 amide bonds. The van der Waals surface area contributed by atoms with E-state index in [0.29, 0.717) is 29.1 Å². The maximum absolute atomic E-state index is 13.6. The molecule has 2 saturated heterocycles. The second kappa shape index (κ2) is 13.6. The number of carbonyl (C=O) groups is 1. The third-order valence-electron chi connectivity index (χ3n) is 9.31. The Hall–Kier alpha value is -3.34. The highest BCUT2D eigenvalue weighted by Gasteiger charge is 2.35. The van der Waals surface area contributed by atoms with E-state index in [1.807, 2.05) is 39.0 Å². The van der Waals surface area contributed by atoms with E-state index in [0.717, 1.165) is 61.7 Å². The summed E-state index contributed by atoms with van der Waals surface area (Å²) in [4.78, 5) is 16.0. The number of methoxy groups -OCH3 is 1. The van der Waals surface area contributed by atoms with Crippen LogP contribution in [0, 0.1) is 11.8 Å². The summed E-state index contributed by atoms with van der Waals surface area (Å²) in [7, 11) is 0.0710. The van der Waals surface area contributed by atoms with Gasteiger partial charge in [0, 0.05) is 18.6 Å². The first-order chi connectivity index (χ1) is 21.3. The lowest BCUT2D eigenvalue weighted by molar-refractivity contribution is 0.0437. The number of nitrogens with zero attached hydrogens (tertiary/aromatic N) is 1. The molecule has 2 fully saturated rings. The van der Waals surface area contributed by atoms with E-state index in [9.17, 15) is 13.2 Å². The number of piperidine rings is 1. The van der Waals surface area contributed by atoms with Gasteiger partial charge in [-0.25, -0.2) is 13.2 Å². The molecule has 2 aliphatic heterocycles. The molecule has 3 aromatic rings. The van der Waals surface area contributed by atoms with Crippen LogP contribution in [0.1, 0.15) is 63.5 Å². The van der Waals surface area contributed by atoms with Crippen molar-refractivity contribution >= 4 is 43.9 Å². The van der Waals surface area contributed by atoms with Gasteiger partial charge in [0.2, 0.25) is 10.0 Å². The van der Waals surface area contributed by atoms with Crippen LogP contribution in [0.15, 0.2) is 48.5 Å². The number of fused-ring (bicyclic) bond motifs is 1. The first-order valence-electron chi connectivity index (χ1n) is 15.9. The lowest BCUT2D eigenvalue weighted by Gasteiger charge is -2.40. The summed E-state index contributed by atoms with van der Waals surface area (Å²) in [6.45, 7) is 9.92. The van der Waals surface area contributed by atoms with Crippen molar-refractivity contribution in [3.05, 3.63) is 59.7 Å². The van der Waals surface area contributed by atoms with Crippen LogP contribution < -0.4 is 20.1 Å². The van der Waals surface area contributed by atoms with Gasteiger partial charge in [-0.05, 0) is 104 Å². The minimum Gasteiger partial charge on any atom is -0.492 e. The fourth-order valence-electron chi connectivity index (χ4n) is 7.00. The Kier molecular flexibility index (Phi) is 9.96. The molecule has 1 unspecified atom stereocenters. The quantitative estimate of drug-likeness (QED) is 0.245. The molecule has 2 heterocycles. The first kappa shape index (κ1) is 33.0. The highest BCUT2D eigenvalue weighted by Crippen LogP contribution is 2.45. The smallest absolute Gasteiger partial charge is 0.323 e. The summed E-state index contributed by atoms with van der Waals surface area (Å²) in [5.74, 6) is 1.84. The van der Waals surface area contributed by atoms with Crippen molar-refractivity contribution < 1.29 is 22.7 Å². The zero-order valence-electron chi connectivity index (χ0n) is 27.4. The Balaban J connectivity index is 1.48. The van der Waals surface area contributed by atoms with E-state index in [1.165, 1.54) is 25.5 Å². The second-order valence-corrected chi connectivity index (χ2v) is 15.4. The van der Waals surface area contributed by atoms with Gasteiger partial charge in [-0.2, -0.15) is 0 Å². The van der Waals surface area contributed by atoms with Crippen LogP contribution in [0.25, 0.3) is 10.8 Å². The Morgan fingerprint density at radius 3 is 2.13 bits per heavy atom. The normalized spacial score (nSPS) is 18.0. The maximum Gasteiger partial charge on any atom is 0.323 e. The lowest BCUT2D eigenvalue weighted by atomic mass is 9.69. The zero-order valence-corrected chi connectivity index (χ0v) is 28.2. The van der Waals surface area contributed by atoms with Crippen LogP contribution in [0.4, 0.5) is 21.9 Å². The van der Waals surface area contributed by atoms with E-state index in [-0.39, 0.29) is 16.9 Å². The summed E-state index contributed by atoms with van der Waals surface area (Å²) < 4.78 is 38.2. The highest BCUT2D eigenvalue weighted by molar-refractivity contribution is 7.92. The molecule has 244 valence electrons. The Morgan fingerprint density at radius 2 is 1.51 bits per heavy atom. The van der Waals surface area contributed by atoms with Gasteiger partial charge >= 0.3 is 6.03 Å². The number of carbonyl (C=O) groups excluding carboxylic acids is 1. The van der Waals surface area contributed by atoms with E-state index in [1.54, 1.807) is 6.07 Å². The molecule has 2 aliphatic rings. The number of ether oxygens (including phenoxy) is 2. The van der Waals surface area contributed by atoms with Gasteiger partial charge < -0.3 is 25.0 Å². The predicted molar refractivity (Wildman–Crippen MR) is 183 cm³/mol. The molecule has 0 radical (unpaired) electrons. The molecule has 1 atom stereocenters. The van der Waals surface area contributed by atoms with Crippen molar-refractivity contribution in [1.29, 1.82) is 0 Å². The van der Waals surface area contributed by atoms with Gasteiger partial charge in [0.05, 0.1) is 30.4 Å². The SMILES string of the molecule is COc1c(NC(=O)Nc2ccc(C(C3CCOCC3)C3CCN(C)CC3)c3ccccc23)cc(C(C)(C)C)cc1NS(C)(=O)=O. The zero-order chi connectivity index (χ0) is 32.4. The van der Waals surface area contributed by atoms with Gasteiger partial charge in [0.25, 0.3) is 0 Å². The monoisotopic (exact) mass is 636 g/mol. The largest absolute Gasteiger partial charge is 0.492 e. The number of urea groups is 1. The predicted octanol–water partition coefficient (Wildman–Crippen LogP) is 7.01. The number of benzene rings is 3. The molecule has 3 aromatic carbocycles. The van der Waals surface area contributed by atoms with Gasteiger partial charge in [0.15, 0.2) is 5.75 Å². The van der Waals surface area contributed by atoms with Crippen molar-refractivity contribution in [3.8, 4) is 5.75 Å². The van der Waals surface area contributed by atoms with Crippen molar-refractivity contribution in [3.63, 3.8) is 0 Å². The van der Waals surface area contributed by atoms with Gasteiger partial charge in [-0.3, -0.25) is 4.72 Å². The van der Waals surface area contributed by atoms with Crippen LogP contribution in [0.5, 0.6) is 5.75 Å². The van der Waals surface area contributed by atoms with E-state index < -0.39 is 16.1 Å². The molecule has 45 heavy (non-hydrogen) atoms. The second-order valence-electron chi connectivity index (χ2n) is 13.7. The molecule has 5 rings (SSSR count). The molecule has 10 heteroatoms. The minimum atomic E-state index is -3.59. The molecule has 0 aliphatic carbocycles. The number of likely N-dealkylation sites (tertiary alicyclic amines) is 1. The van der Waals surface area contributed by atoms with E-state index >= 15 is 0 Å². The third kappa shape index (κ3) is 7.91. The minimum absolute atomic E-state index is 0.237. The topological polar surface area (TPSA) is 109 Å². The van der Waals surface area contributed by atoms with Gasteiger partial charge in [0.1, 0.15) is 0 Å². The summed E-state index contributed by atoms with van der Waals surface area (Å²) in [6, 6.07) is 15.7. The van der Waals surface area contributed by atoms with Crippen LogP contribution in [0.2, 0.25) is 0 Å². The summed E-state index contributed by atoms with van der Waals surface area (Å²) in [6.07, 6.45) is 5.59. The number of hydrogen-bond donors (Lipinski definition) is 3. The van der Waals surface area contributed by atoms with Crippen LogP contribution >= 0.6 is 0 Å². The van der Waals surface area contributed by atoms with Crippen LogP contribution in [-0.2, 0) is 20.2 Å². The third-order valence-corrected chi connectivity index (χ3v) is 9.90. The number of anilines is 3. The Morgan fingerprint density at radius 1 is 0.911 bits per heavy atom. The van der Waals surface area contributed by atoms with Crippen LogP contribution in [0.3, 0.4) is 0 Å². The van der Waals surface area contributed by atoms with Gasteiger partial charge in [-0.15, -0.1) is 0 Å². The lowest BCUT2D eigenvalue weighted by Crippen LogP contribution is -2.36. The molecular weight excluding hydrogens is 588 g/mol. The molecule has 0 spiro atoms. The highest BCUT2D eigenvalue weighted by atomic mass is 32.2. The van der Waals surface area contributed by atoms with Crippen molar-refractivity contribution in [2.45, 2.75) is 57.8 Å². The fourth-order valence-corrected chi connectivity index (χ4v) is 7.55. The van der Waals surface area contributed by atoms with Crippen LogP contribution in [-0.4, -0.2) is 66.1 Å². The van der Waals surface area contributed by atoms with Crippen molar-refractivity contribution in [2.24, 2.45) is 11.8 Å². The van der Waals surface area contributed by atoms with Crippen molar-refractivity contribution in [1.82, 2.24) is 4.90 Å². The summed E-state index contributed by atoms with van der Waals surface area (Å²) >= 11 is 0. The molecular formula is C35H48N4O5S. The van der Waals surface area contributed by atoms with Crippen molar-refractivity contribution in [2.75, 3.05) is 62.1 Å². The first-order valence-corrected chi connectivity index (χ1v) is 17.8. The Bertz CT molecular complexity index is 1620. The number of rotatable bonds is 8. The maximum atomic E-state index is 13.6. The number of hydrogen-bond acceptors (Lipinski definition) is 6. The average Bonchev–Trinajstić information content (AvgIpc) is 2.98. The fraction of sp³-hybridized carbons (Fsp3) is 0.514.